The number of fused-ring (bicyclic) bond motifs is 1. The van der Waals surface area contributed by atoms with E-state index < -0.39 is 14.6 Å². The molecule has 2 aromatic rings. The Kier molecular flexibility index (Phi) is 3.99. The molecule has 0 aliphatic heterocycles. The molecule has 0 spiro atoms. The molecule has 1 aromatic carbocycles. The van der Waals surface area contributed by atoms with Gasteiger partial charge >= 0.3 is 0 Å². The van der Waals surface area contributed by atoms with Gasteiger partial charge in [-0.1, -0.05) is 18.2 Å². The molecule has 3 nitrogen and oxygen atoms in total. The molecule has 0 radical (unpaired) electrons. The molecule has 0 fully saturated rings. The third kappa shape index (κ3) is 3.16. The van der Waals surface area contributed by atoms with E-state index in [-0.39, 0.29) is 0 Å². The van der Waals surface area contributed by atoms with Crippen LogP contribution in [0.15, 0.2) is 29.6 Å². The predicted molar refractivity (Wildman–Crippen MR) is 82.5 cm³/mol. The van der Waals surface area contributed by atoms with Crippen LogP contribution in [0.25, 0.3) is 10.1 Å². The minimum atomic E-state index is -3.05. The summed E-state index contributed by atoms with van der Waals surface area (Å²) in [6.07, 6.45) is 1.29. The van der Waals surface area contributed by atoms with Crippen molar-refractivity contribution in [3.63, 3.8) is 0 Å². The highest BCUT2D eigenvalue weighted by molar-refractivity contribution is 7.92. The molecule has 0 bridgehead atoms. The van der Waals surface area contributed by atoms with Crippen molar-refractivity contribution in [2.24, 2.45) is 0 Å². The Labute approximate surface area is 118 Å². The molecule has 0 unspecified atom stereocenters. The van der Waals surface area contributed by atoms with E-state index in [2.05, 4.69) is 22.8 Å². The summed E-state index contributed by atoms with van der Waals surface area (Å²) in [4.78, 5) is 0. The van der Waals surface area contributed by atoms with Crippen molar-refractivity contribution in [1.82, 2.24) is 5.32 Å². The van der Waals surface area contributed by atoms with Crippen molar-refractivity contribution in [1.29, 1.82) is 0 Å². The van der Waals surface area contributed by atoms with Crippen molar-refractivity contribution in [3.8, 4) is 0 Å². The first-order valence-electron chi connectivity index (χ1n) is 6.17. The molecular formula is C14H19NO2S2. The zero-order valence-electron chi connectivity index (χ0n) is 11.4. The first-order valence-corrected chi connectivity index (χ1v) is 8.94. The summed E-state index contributed by atoms with van der Waals surface area (Å²) in [6.45, 7) is 4.65. The molecule has 19 heavy (non-hydrogen) atoms. The number of sulfone groups is 1. The number of thiophene rings is 1. The van der Waals surface area contributed by atoms with Crippen LogP contribution in [0.3, 0.4) is 0 Å². The molecule has 0 amide bonds. The van der Waals surface area contributed by atoms with Gasteiger partial charge in [0.1, 0.15) is 0 Å². The lowest BCUT2D eigenvalue weighted by atomic mass is 10.1. The van der Waals surface area contributed by atoms with E-state index >= 15 is 0 Å². The molecule has 104 valence electrons. The fraction of sp³-hybridized carbons (Fsp3) is 0.429. The lowest BCUT2D eigenvalue weighted by Crippen LogP contribution is -2.41. The van der Waals surface area contributed by atoms with Crippen LogP contribution in [0, 0.1) is 0 Å². The number of nitrogens with one attached hydrogen (secondary N) is 1. The van der Waals surface area contributed by atoms with Gasteiger partial charge in [-0.25, -0.2) is 8.42 Å². The number of hydrogen-bond acceptors (Lipinski definition) is 4. The minimum absolute atomic E-state index is 0.454. The second-order valence-corrected chi connectivity index (χ2v) is 8.95. The van der Waals surface area contributed by atoms with Gasteiger partial charge in [-0.2, -0.15) is 0 Å². The maximum Gasteiger partial charge on any atom is 0.153 e. The third-order valence-corrected chi connectivity index (χ3v) is 6.60. The molecular weight excluding hydrogens is 278 g/mol. The highest BCUT2D eigenvalue weighted by Gasteiger charge is 2.29. The van der Waals surface area contributed by atoms with E-state index in [1.165, 1.54) is 21.9 Å². The monoisotopic (exact) mass is 297 g/mol. The van der Waals surface area contributed by atoms with E-state index in [0.29, 0.717) is 13.1 Å². The van der Waals surface area contributed by atoms with Crippen LogP contribution in [0.5, 0.6) is 0 Å². The van der Waals surface area contributed by atoms with Gasteiger partial charge in [-0.15, -0.1) is 11.3 Å². The van der Waals surface area contributed by atoms with Crippen LogP contribution in [-0.4, -0.2) is 26.0 Å². The Balaban J connectivity index is 2.04. The van der Waals surface area contributed by atoms with E-state index in [1.807, 2.05) is 12.1 Å². The minimum Gasteiger partial charge on any atom is -0.311 e. The molecule has 0 saturated carbocycles. The Morgan fingerprint density at radius 3 is 2.63 bits per heavy atom. The van der Waals surface area contributed by atoms with E-state index in [9.17, 15) is 8.42 Å². The van der Waals surface area contributed by atoms with Gasteiger partial charge < -0.3 is 5.32 Å². The zero-order chi connectivity index (χ0) is 14.1. The quantitative estimate of drug-likeness (QED) is 0.923. The van der Waals surface area contributed by atoms with Gasteiger partial charge in [0.15, 0.2) is 9.84 Å². The van der Waals surface area contributed by atoms with Crippen LogP contribution >= 0.6 is 11.3 Å². The number of hydrogen-bond donors (Lipinski definition) is 1. The summed E-state index contributed by atoms with van der Waals surface area (Å²) in [5.74, 6) is 0. The first kappa shape index (κ1) is 14.5. The van der Waals surface area contributed by atoms with Crippen LogP contribution in [-0.2, 0) is 16.4 Å². The molecule has 1 N–H and O–H groups in total. The van der Waals surface area contributed by atoms with E-state index in [1.54, 1.807) is 25.2 Å². The van der Waals surface area contributed by atoms with E-state index in [0.717, 1.165) is 0 Å². The predicted octanol–water partition coefficient (Wildman–Crippen LogP) is 2.81. The highest BCUT2D eigenvalue weighted by atomic mass is 32.2. The largest absolute Gasteiger partial charge is 0.311 e. The third-order valence-electron chi connectivity index (χ3n) is 3.43. The molecule has 0 saturated heterocycles. The summed E-state index contributed by atoms with van der Waals surface area (Å²) >= 11 is 1.72. The fourth-order valence-electron chi connectivity index (χ4n) is 1.80. The maximum absolute atomic E-state index is 11.6. The lowest BCUT2D eigenvalue weighted by molar-refractivity contribution is 0.522. The van der Waals surface area contributed by atoms with Crippen molar-refractivity contribution in [2.75, 3.05) is 12.8 Å². The Morgan fingerprint density at radius 1 is 1.26 bits per heavy atom. The molecule has 0 aliphatic rings. The van der Waals surface area contributed by atoms with Gasteiger partial charge in [-0.05, 0) is 36.2 Å². The molecule has 0 atom stereocenters. The fourth-order valence-corrected chi connectivity index (χ4v) is 3.13. The molecule has 5 heteroatoms. The second kappa shape index (κ2) is 5.23. The van der Waals surface area contributed by atoms with Gasteiger partial charge in [-0.3, -0.25) is 0 Å². The van der Waals surface area contributed by atoms with Gasteiger partial charge in [0.25, 0.3) is 0 Å². The number of rotatable bonds is 5. The van der Waals surface area contributed by atoms with Crippen LogP contribution in [0.4, 0.5) is 0 Å². The van der Waals surface area contributed by atoms with Crippen molar-refractivity contribution < 1.29 is 8.42 Å². The van der Waals surface area contributed by atoms with Crippen LogP contribution in [0.2, 0.25) is 0 Å². The summed E-state index contributed by atoms with van der Waals surface area (Å²) < 4.78 is 23.8. The Hall–Kier alpha value is -0.910. The van der Waals surface area contributed by atoms with Crippen molar-refractivity contribution in [2.45, 2.75) is 25.1 Å². The van der Waals surface area contributed by atoms with Gasteiger partial charge in [0, 0.05) is 24.0 Å². The molecule has 0 aliphatic carbocycles. The van der Waals surface area contributed by atoms with Gasteiger partial charge in [0.05, 0.1) is 4.75 Å². The van der Waals surface area contributed by atoms with Gasteiger partial charge in [0.2, 0.25) is 0 Å². The highest BCUT2D eigenvalue weighted by Crippen LogP contribution is 2.25. The Bertz CT molecular complexity index is 672. The molecule has 1 aromatic heterocycles. The van der Waals surface area contributed by atoms with Crippen LogP contribution in [0.1, 0.15) is 19.4 Å². The summed E-state index contributed by atoms with van der Waals surface area (Å²) in [5.41, 5.74) is 1.23. The molecule has 2 rings (SSSR count). The van der Waals surface area contributed by atoms with Crippen molar-refractivity contribution in [3.05, 3.63) is 35.2 Å². The second-order valence-electron chi connectivity index (χ2n) is 5.39. The lowest BCUT2D eigenvalue weighted by Gasteiger charge is -2.22. The topological polar surface area (TPSA) is 46.2 Å². The smallest absolute Gasteiger partial charge is 0.153 e. The Morgan fingerprint density at radius 2 is 1.95 bits per heavy atom. The molecule has 1 heterocycles. The van der Waals surface area contributed by atoms with E-state index in [4.69, 9.17) is 0 Å². The zero-order valence-corrected chi connectivity index (χ0v) is 13.1. The van der Waals surface area contributed by atoms with Crippen LogP contribution < -0.4 is 5.32 Å². The average molecular weight is 297 g/mol. The summed E-state index contributed by atoms with van der Waals surface area (Å²) in [5, 5.41) is 6.63. The SMILES string of the molecule is CC(C)(CNCc1csc2ccccc12)S(C)(=O)=O. The maximum atomic E-state index is 11.6. The number of benzene rings is 1. The summed E-state index contributed by atoms with van der Waals surface area (Å²) in [7, 11) is -3.05. The first-order chi connectivity index (χ1) is 8.81. The van der Waals surface area contributed by atoms with Crippen molar-refractivity contribution >= 4 is 31.3 Å². The summed E-state index contributed by atoms with van der Waals surface area (Å²) in [6, 6.07) is 8.26. The standard InChI is InChI=1S/C14H19NO2S2/c1-14(2,19(3,16)17)10-15-8-11-9-18-13-7-5-4-6-12(11)13/h4-7,9,15H,8,10H2,1-3H3. The normalized spacial score (nSPS) is 13.0. The average Bonchev–Trinajstić information content (AvgIpc) is 2.71.